The van der Waals surface area contributed by atoms with E-state index >= 15 is 0 Å². The standard InChI is InChI=1S/C34H33NO/c36-31(27-19-18-25-11-7-8-12-26(25)21-27)33-22-32(23-33,28-13-3-1-4-14-28)24-34(33,29-15-5-2-6-16-29)30-17-9-10-20-35-30/h1,3-4,7-14,17-21,29H,2,5-6,15-16,22-24H2/t32?,33?,34-/m1/s1. The molecule has 4 saturated carbocycles. The van der Waals surface area contributed by atoms with Crippen LogP contribution in [0.2, 0.25) is 0 Å². The average Bonchev–Trinajstić information content (AvgIpc) is 3.43. The van der Waals surface area contributed by atoms with Gasteiger partial charge in [0, 0.05) is 28.3 Å². The fourth-order valence-electron chi connectivity index (χ4n) is 8.62. The summed E-state index contributed by atoms with van der Waals surface area (Å²) < 4.78 is 0. The molecule has 0 aliphatic heterocycles. The molecule has 4 aliphatic rings. The molecule has 8 rings (SSSR count). The predicted octanol–water partition coefficient (Wildman–Crippen LogP) is 8.06. The van der Waals surface area contributed by atoms with Crippen LogP contribution in [0.4, 0.5) is 0 Å². The van der Waals surface area contributed by atoms with Gasteiger partial charge in [0.2, 0.25) is 0 Å². The summed E-state index contributed by atoms with van der Waals surface area (Å²) in [6, 6.07) is 32.1. The summed E-state index contributed by atoms with van der Waals surface area (Å²) in [6.07, 6.45) is 11.1. The molecule has 0 saturated heterocycles. The van der Waals surface area contributed by atoms with Crippen molar-refractivity contribution in [2.45, 2.75) is 62.2 Å². The summed E-state index contributed by atoms with van der Waals surface area (Å²) in [5, 5.41) is 2.33. The van der Waals surface area contributed by atoms with Crippen molar-refractivity contribution in [3.63, 3.8) is 0 Å². The van der Waals surface area contributed by atoms with Crippen LogP contribution in [-0.2, 0) is 10.8 Å². The van der Waals surface area contributed by atoms with Crippen molar-refractivity contribution < 1.29 is 4.79 Å². The van der Waals surface area contributed by atoms with E-state index < -0.39 is 5.41 Å². The lowest BCUT2D eigenvalue weighted by molar-refractivity contribution is 0.0215. The minimum Gasteiger partial charge on any atom is -0.294 e. The summed E-state index contributed by atoms with van der Waals surface area (Å²) in [5.41, 5.74) is 2.87. The second kappa shape index (κ2) is 8.13. The molecular weight excluding hydrogens is 438 g/mol. The number of hydrogen-bond acceptors (Lipinski definition) is 2. The first-order valence-electron chi connectivity index (χ1n) is 13.7. The summed E-state index contributed by atoms with van der Waals surface area (Å²) in [6.45, 7) is 0. The fourth-order valence-corrected chi connectivity index (χ4v) is 8.62. The molecule has 2 heteroatoms. The van der Waals surface area contributed by atoms with Crippen LogP contribution in [0, 0.1) is 11.3 Å². The molecule has 2 nitrogen and oxygen atoms in total. The van der Waals surface area contributed by atoms with Crippen LogP contribution in [0.25, 0.3) is 10.8 Å². The van der Waals surface area contributed by atoms with Crippen molar-refractivity contribution in [1.29, 1.82) is 0 Å². The SMILES string of the molecule is O=C(c1ccc2ccccc2c1)C12CC(c3ccccc3)(C1)C[C@]2(c1ccccn1)C1CCCCC1. The van der Waals surface area contributed by atoms with Crippen LogP contribution < -0.4 is 0 Å². The summed E-state index contributed by atoms with van der Waals surface area (Å²) in [4.78, 5) is 19.9. The molecule has 180 valence electrons. The Hall–Kier alpha value is -3.26. The number of nitrogens with zero attached hydrogens (tertiary/aromatic N) is 1. The molecule has 1 heterocycles. The van der Waals surface area contributed by atoms with Gasteiger partial charge in [0.1, 0.15) is 0 Å². The van der Waals surface area contributed by atoms with Gasteiger partial charge >= 0.3 is 0 Å². The number of carbonyl (C=O) groups is 1. The summed E-state index contributed by atoms with van der Waals surface area (Å²) in [5.74, 6) is 0.840. The third-order valence-corrected chi connectivity index (χ3v) is 10.0. The second-order valence-corrected chi connectivity index (χ2v) is 11.7. The van der Waals surface area contributed by atoms with Gasteiger partial charge in [-0.1, -0.05) is 92.1 Å². The maximum Gasteiger partial charge on any atom is 0.170 e. The molecule has 0 unspecified atom stereocenters. The number of benzene rings is 3. The van der Waals surface area contributed by atoms with E-state index in [-0.39, 0.29) is 10.8 Å². The van der Waals surface area contributed by atoms with Gasteiger partial charge in [-0.15, -0.1) is 0 Å². The van der Waals surface area contributed by atoms with Gasteiger partial charge in [0.15, 0.2) is 5.78 Å². The van der Waals surface area contributed by atoms with Crippen molar-refractivity contribution >= 4 is 16.6 Å². The predicted molar refractivity (Wildman–Crippen MR) is 145 cm³/mol. The van der Waals surface area contributed by atoms with Crippen LogP contribution in [0.3, 0.4) is 0 Å². The smallest absolute Gasteiger partial charge is 0.170 e. The first kappa shape index (κ1) is 22.0. The van der Waals surface area contributed by atoms with Gasteiger partial charge in [-0.2, -0.15) is 0 Å². The Morgan fingerprint density at radius 2 is 1.44 bits per heavy atom. The van der Waals surface area contributed by atoms with Gasteiger partial charge < -0.3 is 0 Å². The van der Waals surface area contributed by atoms with E-state index in [4.69, 9.17) is 4.98 Å². The van der Waals surface area contributed by atoms with Crippen LogP contribution in [0.15, 0.2) is 97.2 Å². The number of Topliss-reactive ketones (excluding diaryl/α,β-unsaturated/α-hetero) is 1. The number of aromatic nitrogens is 1. The van der Waals surface area contributed by atoms with E-state index in [2.05, 4.69) is 84.9 Å². The number of carbonyl (C=O) groups excluding carboxylic acids is 1. The fraction of sp³-hybridized carbons (Fsp3) is 0.353. The zero-order valence-corrected chi connectivity index (χ0v) is 20.8. The van der Waals surface area contributed by atoms with Gasteiger partial charge in [0.25, 0.3) is 0 Å². The van der Waals surface area contributed by atoms with Crippen molar-refractivity contribution in [1.82, 2.24) is 4.98 Å². The van der Waals surface area contributed by atoms with Crippen molar-refractivity contribution in [2.24, 2.45) is 11.3 Å². The Morgan fingerprint density at radius 3 is 2.19 bits per heavy atom. The molecule has 0 amide bonds. The maximum atomic E-state index is 14.8. The number of ketones is 1. The molecule has 2 bridgehead atoms. The molecule has 1 aromatic heterocycles. The average molecular weight is 472 g/mol. The first-order valence-corrected chi connectivity index (χ1v) is 13.7. The number of rotatable bonds is 5. The summed E-state index contributed by atoms with van der Waals surface area (Å²) >= 11 is 0. The maximum absolute atomic E-state index is 14.8. The minimum absolute atomic E-state index is 0.0583. The van der Waals surface area contributed by atoms with E-state index in [1.54, 1.807) is 0 Å². The normalized spacial score (nSPS) is 29.7. The monoisotopic (exact) mass is 471 g/mol. The van der Waals surface area contributed by atoms with Gasteiger partial charge in [-0.3, -0.25) is 9.78 Å². The highest BCUT2D eigenvalue weighted by molar-refractivity contribution is 6.06. The molecule has 4 fully saturated rings. The zero-order chi connectivity index (χ0) is 24.2. The Morgan fingerprint density at radius 1 is 0.722 bits per heavy atom. The van der Waals surface area contributed by atoms with Crippen molar-refractivity contribution in [3.8, 4) is 0 Å². The Balaban J connectivity index is 1.43. The number of hydrogen-bond donors (Lipinski definition) is 0. The lowest BCUT2D eigenvalue weighted by Gasteiger charge is -2.53. The topological polar surface area (TPSA) is 30.0 Å². The molecule has 3 aromatic carbocycles. The lowest BCUT2D eigenvalue weighted by atomic mass is 9.48. The first-order chi connectivity index (χ1) is 17.7. The van der Waals surface area contributed by atoms with E-state index in [0.29, 0.717) is 11.7 Å². The highest BCUT2D eigenvalue weighted by Gasteiger charge is 2.78. The quantitative estimate of drug-likeness (QED) is 0.276. The molecule has 0 radical (unpaired) electrons. The molecular formula is C34H33NO. The number of pyridine rings is 1. The third-order valence-electron chi connectivity index (χ3n) is 10.0. The Kier molecular flexibility index (Phi) is 4.96. The highest BCUT2D eigenvalue weighted by atomic mass is 16.1. The minimum atomic E-state index is -0.401. The number of fused-ring (bicyclic) bond motifs is 2. The highest BCUT2D eigenvalue weighted by Crippen LogP contribution is 2.79. The molecule has 36 heavy (non-hydrogen) atoms. The van der Waals surface area contributed by atoms with E-state index in [0.717, 1.165) is 35.9 Å². The van der Waals surface area contributed by atoms with E-state index in [1.807, 2.05) is 12.3 Å². The van der Waals surface area contributed by atoms with Crippen molar-refractivity contribution in [2.75, 3.05) is 0 Å². The van der Waals surface area contributed by atoms with Gasteiger partial charge in [-0.25, -0.2) is 0 Å². The molecule has 0 N–H and O–H groups in total. The van der Waals surface area contributed by atoms with E-state index in [1.165, 1.54) is 43.1 Å². The molecule has 4 aromatic rings. The lowest BCUT2D eigenvalue weighted by Crippen LogP contribution is -2.55. The van der Waals surface area contributed by atoms with E-state index in [9.17, 15) is 4.79 Å². The zero-order valence-electron chi connectivity index (χ0n) is 20.8. The third kappa shape index (κ3) is 2.97. The Labute approximate surface area is 213 Å². The van der Waals surface area contributed by atoms with Crippen LogP contribution >= 0.6 is 0 Å². The van der Waals surface area contributed by atoms with Crippen molar-refractivity contribution in [3.05, 3.63) is 114 Å². The van der Waals surface area contributed by atoms with Gasteiger partial charge in [0.05, 0.1) is 0 Å². The van der Waals surface area contributed by atoms with Crippen LogP contribution in [-0.4, -0.2) is 10.8 Å². The molecule has 1 atom stereocenters. The molecule has 0 spiro atoms. The largest absolute Gasteiger partial charge is 0.294 e. The van der Waals surface area contributed by atoms with Crippen LogP contribution in [0.5, 0.6) is 0 Å². The molecule has 4 aliphatic carbocycles. The van der Waals surface area contributed by atoms with Gasteiger partial charge in [-0.05, 0) is 78.0 Å². The second-order valence-electron chi connectivity index (χ2n) is 11.7. The summed E-state index contributed by atoms with van der Waals surface area (Å²) in [7, 11) is 0. The Bertz CT molecular complexity index is 1410. The van der Waals surface area contributed by atoms with Crippen LogP contribution in [0.1, 0.15) is 73.0 Å².